The van der Waals surface area contributed by atoms with Crippen molar-refractivity contribution in [3.8, 4) is 0 Å². The molecule has 5 N–H and O–H groups in total. The summed E-state index contributed by atoms with van der Waals surface area (Å²) in [6, 6.07) is 0. The van der Waals surface area contributed by atoms with Gasteiger partial charge >= 0.3 is 5.97 Å². The van der Waals surface area contributed by atoms with E-state index in [4.69, 9.17) is 16.6 Å². The number of hydrogen-bond acceptors (Lipinski definition) is 4. The largest absolute Gasteiger partial charge is 0.481 e. The Labute approximate surface area is 86.5 Å². The van der Waals surface area contributed by atoms with Gasteiger partial charge in [0.1, 0.15) is 0 Å². The zero-order valence-electron chi connectivity index (χ0n) is 7.82. The summed E-state index contributed by atoms with van der Waals surface area (Å²) in [5, 5.41) is 10.2. The van der Waals surface area contributed by atoms with E-state index in [9.17, 15) is 4.79 Å². The predicted octanol–water partition coefficient (Wildman–Crippen LogP) is 1.71. The van der Waals surface area contributed by atoms with E-state index in [1.54, 1.807) is 0 Å². The molecule has 0 aliphatic rings. The Kier molecular flexibility index (Phi) is 3.76. The van der Waals surface area contributed by atoms with Crippen molar-refractivity contribution in [2.24, 2.45) is 0 Å². The molecule has 5 heteroatoms. The van der Waals surface area contributed by atoms with Gasteiger partial charge in [0.05, 0.1) is 11.4 Å². The Morgan fingerprint density at radius 3 is 2.64 bits per heavy atom. The van der Waals surface area contributed by atoms with E-state index < -0.39 is 5.97 Å². The van der Waals surface area contributed by atoms with Gasteiger partial charge in [-0.15, -0.1) is 11.3 Å². The van der Waals surface area contributed by atoms with Gasteiger partial charge in [-0.1, -0.05) is 0 Å². The van der Waals surface area contributed by atoms with Crippen molar-refractivity contribution in [1.82, 2.24) is 0 Å². The van der Waals surface area contributed by atoms with E-state index in [2.05, 4.69) is 0 Å². The van der Waals surface area contributed by atoms with Crippen molar-refractivity contribution in [2.45, 2.75) is 25.7 Å². The van der Waals surface area contributed by atoms with E-state index in [-0.39, 0.29) is 6.42 Å². The molecular formula is C9H14N2O2S. The zero-order chi connectivity index (χ0) is 10.6. The number of rotatable bonds is 5. The number of carboxylic acids is 1. The molecule has 1 rings (SSSR count). The molecule has 0 unspecified atom stereocenters. The maximum Gasteiger partial charge on any atom is 0.303 e. The summed E-state index contributed by atoms with van der Waals surface area (Å²) >= 11 is 1.54. The molecule has 0 aliphatic carbocycles. The second-order valence-electron chi connectivity index (χ2n) is 3.13. The third-order valence-corrected chi connectivity index (χ3v) is 3.06. The van der Waals surface area contributed by atoms with Crippen molar-refractivity contribution in [3.63, 3.8) is 0 Å². The molecular weight excluding hydrogens is 200 g/mol. The Bertz CT molecular complexity index is 323. The van der Waals surface area contributed by atoms with E-state index in [1.807, 2.05) is 5.38 Å². The van der Waals surface area contributed by atoms with E-state index in [0.29, 0.717) is 17.8 Å². The highest BCUT2D eigenvalue weighted by Gasteiger charge is 2.05. The Morgan fingerprint density at radius 1 is 1.43 bits per heavy atom. The third-order valence-electron chi connectivity index (χ3n) is 1.98. The summed E-state index contributed by atoms with van der Waals surface area (Å²) < 4.78 is 0. The lowest BCUT2D eigenvalue weighted by Gasteiger charge is -1.99. The van der Waals surface area contributed by atoms with Crippen molar-refractivity contribution in [2.75, 3.05) is 11.5 Å². The van der Waals surface area contributed by atoms with Crippen molar-refractivity contribution in [3.05, 3.63) is 10.3 Å². The number of anilines is 2. The highest BCUT2D eigenvalue weighted by molar-refractivity contribution is 7.11. The standard InChI is InChI=1S/C9H14N2O2S/c10-6-5-14-7(9(6)11)3-1-2-4-8(12)13/h5H,1-4,10-11H2,(H,12,13). The molecule has 0 aliphatic heterocycles. The molecule has 14 heavy (non-hydrogen) atoms. The number of aryl methyl sites for hydroxylation is 1. The molecule has 1 aromatic heterocycles. The van der Waals surface area contributed by atoms with Crippen LogP contribution in [-0.4, -0.2) is 11.1 Å². The molecule has 0 amide bonds. The summed E-state index contributed by atoms with van der Waals surface area (Å²) in [5.74, 6) is -0.747. The molecule has 1 aromatic rings. The first kappa shape index (κ1) is 10.8. The number of carboxylic acid groups (broad SMARTS) is 1. The number of thiophene rings is 1. The van der Waals surface area contributed by atoms with Crippen LogP contribution >= 0.6 is 11.3 Å². The number of hydrogen-bond donors (Lipinski definition) is 3. The molecule has 0 atom stereocenters. The minimum Gasteiger partial charge on any atom is -0.481 e. The minimum atomic E-state index is -0.747. The molecule has 1 heterocycles. The maximum atomic E-state index is 10.2. The number of nitrogen functional groups attached to an aromatic ring is 2. The monoisotopic (exact) mass is 214 g/mol. The first-order valence-electron chi connectivity index (χ1n) is 4.44. The summed E-state index contributed by atoms with van der Waals surface area (Å²) in [6.07, 6.45) is 2.57. The van der Waals surface area contributed by atoms with Gasteiger partial charge in [0.25, 0.3) is 0 Å². The average Bonchev–Trinajstić information content (AvgIpc) is 2.43. The lowest BCUT2D eigenvalue weighted by molar-refractivity contribution is -0.137. The van der Waals surface area contributed by atoms with Crippen LogP contribution in [0.2, 0.25) is 0 Å². The number of carbonyl (C=O) groups is 1. The van der Waals surface area contributed by atoms with Crippen molar-refractivity contribution < 1.29 is 9.90 Å². The van der Waals surface area contributed by atoms with Gasteiger partial charge in [0, 0.05) is 16.7 Å². The number of aliphatic carboxylic acids is 1. The van der Waals surface area contributed by atoms with Crippen LogP contribution in [-0.2, 0) is 11.2 Å². The first-order chi connectivity index (χ1) is 6.61. The van der Waals surface area contributed by atoms with E-state index in [0.717, 1.165) is 17.7 Å². The lowest BCUT2D eigenvalue weighted by atomic mass is 10.1. The smallest absolute Gasteiger partial charge is 0.303 e. The molecule has 78 valence electrons. The molecule has 4 nitrogen and oxygen atoms in total. The van der Waals surface area contributed by atoms with Gasteiger partial charge in [0.15, 0.2) is 0 Å². The van der Waals surface area contributed by atoms with Crippen molar-refractivity contribution in [1.29, 1.82) is 0 Å². The quantitative estimate of drug-likeness (QED) is 0.651. The molecule has 0 saturated carbocycles. The Morgan fingerprint density at radius 2 is 2.14 bits per heavy atom. The van der Waals surface area contributed by atoms with Gasteiger partial charge in [-0.25, -0.2) is 0 Å². The molecule has 0 fully saturated rings. The summed E-state index contributed by atoms with van der Waals surface area (Å²) in [4.78, 5) is 11.3. The SMILES string of the molecule is Nc1csc(CCCCC(=O)O)c1N. The predicted molar refractivity (Wildman–Crippen MR) is 58.3 cm³/mol. The summed E-state index contributed by atoms with van der Waals surface area (Å²) in [5.41, 5.74) is 12.6. The van der Waals surface area contributed by atoms with Crippen LogP contribution in [0.3, 0.4) is 0 Å². The Hall–Kier alpha value is -1.23. The fourth-order valence-corrected chi connectivity index (χ4v) is 2.08. The van der Waals surface area contributed by atoms with Crippen LogP contribution in [0.15, 0.2) is 5.38 Å². The fraction of sp³-hybridized carbons (Fsp3) is 0.444. The second-order valence-corrected chi connectivity index (χ2v) is 4.09. The first-order valence-corrected chi connectivity index (χ1v) is 5.32. The highest BCUT2D eigenvalue weighted by Crippen LogP contribution is 2.28. The second kappa shape index (κ2) is 4.85. The van der Waals surface area contributed by atoms with Gasteiger partial charge in [-0.3, -0.25) is 4.79 Å². The molecule has 0 saturated heterocycles. The number of nitrogens with two attached hydrogens (primary N) is 2. The van der Waals surface area contributed by atoms with Crippen LogP contribution in [0, 0.1) is 0 Å². The Balaban J connectivity index is 2.31. The van der Waals surface area contributed by atoms with Crippen LogP contribution in [0.5, 0.6) is 0 Å². The third kappa shape index (κ3) is 2.92. The molecule has 0 bridgehead atoms. The average molecular weight is 214 g/mol. The van der Waals surface area contributed by atoms with Crippen molar-refractivity contribution >= 4 is 28.7 Å². The zero-order valence-corrected chi connectivity index (χ0v) is 8.64. The fourth-order valence-electron chi connectivity index (χ4n) is 1.18. The van der Waals surface area contributed by atoms with Gasteiger partial charge in [-0.2, -0.15) is 0 Å². The van der Waals surface area contributed by atoms with E-state index in [1.165, 1.54) is 11.3 Å². The van der Waals surface area contributed by atoms with Crippen LogP contribution in [0.25, 0.3) is 0 Å². The van der Waals surface area contributed by atoms with Gasteiger partial charge in [0.2, 0.25) is 0 Å². The van der Waals surface area contributed by atoms with Gasteiger partial charge in [-0.05, 0) is 19.3 Å². The van der Waals surface area contributed by atoms with Crippen LogP contribution in [0.1, 0.15) is 24.1 Å². The minimum absolute atomic E-state index is 0.223. The lowest BCUT2D eigenvalue weighted by Crippen LogP contribution is -1.96. The van der Waals surface area contributed by atoms with Crippen LogP contribution < -0.4 is 11.5 Å². The summed E-state index contributed by atoms with van der Waals surface area (Å²) in [6.45, 7) is 0. The van der Waals surface area contributed by atoms with Crippen LogP contribution in [0.4, 0.5) is 11.4 Å². The molecule has 0 radical (unpaired) electrons. The van der Waals surface area contributed by atoms with E-state index >= 15 is 0 Å². The highest BCUT2D eigenvalue weighted by atomic mass is 32.1. The van der Waals surface area contributed by atoms with Gasteiger partial charge < -0.3 is 16.6 Å². The molecule has 0 spiro atoms. The normalized spacial score (nSPS) is 10.3. The maximum absolute atomic E-state index is 10.2. The summed E-state index contributed by atoms with van der Waals surface area (Å²) in [7, 11) is 0. The number of unbranched alkanes of at least 4 members (excludes halogenated alkanes) is 1. The topological polar surface area (TPSA) is 89.3 Å². The molecule has 0 aromatic carbocycles.